The van der Waals surface area contributed by atoms with E-state index in [-0.39, 0.29) is 11.0 Å². The van der Waals surface area contributed by atoms with Gasteiger partial charge in [0.2, 0.25) is 0 Å². The maximum atomic E-state index is 12.9. The summed E-state index contributed by atoms with van der Waals surface area (Å²) >= 11 is 6.85. The van der Waals surface area contributed by atoms with E-state index in [9.17, 15) is 9.59 Å². The molecule has 1 aromatic carbocycles. The molecule has 0 unspecified atom stereocenters. The van der Waals surface area contributed by atoms with Gasteiger partial charge in [-0.15, -0.1) is 0 Å². The number of aromatic nitrogens is 2. The molecule has 0 saturated heterocycles. The molecule has 1 saturated carbocycles. The van der Waals surface area contributed by atoms with Gasteiger partial charge in [-0.05, 0) is 40.9 Å². The predicted octanol–water partition coefficient (Wildman–Crippen LogP) is 3.84. The molecule has 1 N–H and O–H groups in total. The van der Waals surface area contributed by atoms with Crippen LogP contribution in [0.2, 0.25) is 0 Å². The van der Waals surface area contributed by atoms with Gasteiger partial charge in [0.1, 0.15) is 5.82 Å². The van der Waals surface area contributed by atoms with Crippen LogP contribution in [0.1, 0.15) is 41.4 Å². The summed E-state index contributed by atoms with van der Waals surface area (Å²) in [7, 11) is 0. The third-order valence-corrected chi connectivity index (χ3v) is 6.43. The number of rotatable bonds is 3. The lowest BCUT2D eigenvalue weighted by Gasteiger charge is -2.27. The van der Waals surface area contributed by atoms with Crippen molar-refractivity contribution in [2.45, 2.75) is 38.3 Å². The molecule has 3 aromatic rings. The first kappa shape index (κ1) is 18.3. The lowest BCUT2D eigenvalue weighted by Crippen LogP contribution is -2.36. The van der Waals surface area contributed by atoms with Crippen molar-refractivity contribution >= 4 is 42.8 Å². The number of benzene rings is 1. The topological polar surface area (TPSA) is 79.2 Å². The molecular weight excluding hydrogens is 490 g/mol. The van der Waals surface area contributed by atoms with Gasteiger partial charge in [0.05, 0.1) is 27.4 Å². The predicted molar refractivity (Wildman–Crippen MR) is 113 cm³/mol. The van der Waals surface area contributed by atoms with E-state index in [2.05, 4.69) is 46.7 Å². The van der Waals surface area contributed by atoms with Gasteiger partial charge < -0.3 is 9.40 Å². The highest BCUT2D eigenvalue weighted by molar-refractivity contribution is 9.11. The summed E-state index contributed by atoms with van der Waals surface area (Å²) in [5.74, 6) is 1.26. The molecule has 0 amide bonds. The molecule has 6 nitrogen and oxygen atoms in total. The zero-order chi connectivity index (χ0) is 19.4. The fourth-order valence-corrected chi connectivity index (χ4v) is 5.06. The number of nitrogens with one attached hydrogen (secondary N) is 1. The quantitative estimate of drug-likeness (QED) is 0.583. The Morgan fingerprint density at radius 2 is 2.07 bits per heavy atom. The Hall–Kier alpha value is -1.77. The van der Waals surface area contributed by atoms with Gasteiger partial charge in [0, 0.05) is 42.0 Å². The molecule has 1 aliphatic heterocycles. The Morgan fingerprint density at radius 3 is 2.86 bits per heavy atom. The fourth-order valence-electron chi connectivity index (χ4n) is 3.74. The summed E-state index contributed by atoms with van der Waals surface area (Å²) in [5.41, 5.74) is 2.64. The molecule has 28 heavy (non-hydrogen) atoms. The van der Waals surface area contributed by atoms with Crippen molar-refractivity contribution in [3.63, 3.8) is 0 Å². The van der Waals surface area contributed by atoms with Crippen molar-refractivity contribution in [2.24, 2.45) is 0 Å². The van der Waals surface area contributed by atoms with E-state index in [0.29, 0.717) is 41.1 Å². The Kier molecular flexibility index (Phi) is 4.52. The zero-order valence-corrected chi connectivity index (χ0v) is 18.1. The Morgan fingerprint density at radius 1 is 1.25 bits per heavy atom. The second-order valence-corrected chi connectivity index (χ2v) is 9.24. The van der Waals surface area contributed by atoms with Crippen molar-refractivity contribution in [1.82, 2.24) is 14.9 Å². The maximum Gasteiger partial charge on any atom is 0.255 e. The Balaban J connectivity index is 1.44. The zero-order valence-electron chi connectivity index (χ0n) is 14.9. The van der Waals surface area contributed by atoms with Crippen LogP contribution in [0, 0.1) is 0 Å². The molecule has 3 heterocycles. The Bertz CT molecular complexity index is 1210. The standard InChI is InChI=1S/C20H17Br2N3O3/c21-12-5-13-17(26)11(9-28-18(13)15(22)6-12)7-25-4-3-16-14(8-25)20(27)24-19(23-16)10-1-2-10/h5-6,9-10H,1-4,7-8H2,(H,23,24,27). The van der Waals surface area contributed by atoms with E-state index < -0.39 is 0 Å². The molecular formula is C20H17Br2N3O3. The van der Waals surface area contributed by atoms with Crippen LogP contribution in [0.3, 0.4) is 0 Å². The highest BCUT2D eigenvalue weighted by Crippen LogP contribution is 2.37. The molecule has 144 valence electrons. The van der Waals surface area contributed by atoms with E-state index in [4.69, 9.17) is 4.42 Å². The van der Waals surface area contributed by atoms with Crippen molar-refractivity contribution in [2.75, 3.05) is 6.54 Å². The molecule has 2 aliphatic rings. The maximum absolute atomic E-state index is 12.9. The van der Waals surface area contributed by atoms with Crippen LogP contribution in [0.4, 0.5) is 0 Å². The molecule has 0 spiro atoms. The molecule has 2 aromatic heterocycles. The summed E-state index contributed by atoms with van der Waals surface area (Å²) in [4.78, 5) is 35.2. The van der Waals surface area contributed by atoms with Crippen LogP contribution < -0.4 is 11.0 Å². The number of nitrogens with zero attached hydrogens (tertiary/aromatic N) is 2. The minimum atomic E-state index is -0.0508. The van der Waals surface area contributed by atoms with Gasteiger partial charge in [0.15, 0.2) is 11.0 Å². The minimum Gasteiger partial charge on any atom is -0.463 e. The summed E-state index contributed by atoms with van der Waals surface area (Å²) in [6, 6.07) is 3.62. The van der Waals surface area contributed by atoms with E-state index in [1.807, 2.05) is 6.07 Å². The van der Waals surface area contributed by atoms with Crippen LogP contribution >= 0.6 is 31.9 Å². The summed E-state index contributed by atoms with van der Waals surface area (Å²) in [6.07, 6.45) is 4.46. The molecule has 0 bridgehead atoms. The highest BCUT2D eigenvalue weighted by atomic mass is 79.9. The van der Waals surface area contributed by atoms with E-state index in [0.717, 1.165) is 46.3 Å². The molecule has 0 radical (unpaired) electrons. The molecule has 1 fully saturated rings. The van der Waals surface area contributed by atoms with Crippen LogP contribution in [0.25, 0.3) is 11.0 Å². The van der Waals surface area contributed by atoms with E-state index in [1.54, 1.807) is 6.07 Å². The lowest BCUT2D eigenvalue weighted by molar-refractivity contribution is 0.239. The number of hydrogen-bond donors (Lipinski definition) is 1. The second kappa shape index (κ2) is 6.93. The van der Waals surface area contributed by atoms with Gasteiger partial charge in [-0.2, -0.15) is 0 Å². The normalized spacial score (nSPS) is 17.1. The van der Waals surface area contributed by atoms with Crippen LogP contribution in [0.15, 0.2) is 41.3 Å². The number of halogens is 2. The summed E-state index contributed by atoms with van der Waals surface area (Å²) in [6.45, 7) is 1.68. The molecule has 0 atom stereocenters. The number of H-pyrrole nitrogens is 1. The fraction of sp³-hybridized carbons (Fsp3) is 0.350. The summed E-state index contributed by atoms with van der Waals surface area (Å²) < 4.78 is 7.26. The SMILES string of the molecule is O=c1[nH]c(C2CC2)nc2c1CN(Cc1coc3c(Br)cc(Br)cc3c1=O)CC2. The summed E-state index contributed by atoms with van der Waals surface area (Å²) in [5, 5.41) is 0.532. The molecule has 5 rings (SSSR count). The van der Waals surface area contributed by atoms with Gasteiger partial charge in [0.25, 0.3) is 5.56 Å². The number of fused-ring (bicyclic) bond motifs is 2. The lowest BCUT2D eigenvalue weighted by atomic mass is 10.1. The second-order valence-electron chi connectivity index (χ2n) is 7.47. The monoisotopic (exact) mass is 505 g/mol. The average Bonchev–Trinajstić information content (AvgIpc) is 3.50. The van der Waals surface area contributed by atoms with Crippen molar-refractivity contribution in [1.29, 1.82) is 0 Å². The third kappa shape index (κ3) is 3.27. The largest absolute Gasteiger partial charge is 0.463 e. The van der Waals surface area contributed by atoms with Crippen molar-refractivity contribution in [3.8, 4) is 0 Å². The van der Waals surface area contributed by atoms with Gasteiger partial charge in [-0.25, -0.2) is 4.98 Å². The van der Waals surface area contributed by atoms with E-state index in [1.165, 1.54) is 6.26 Å². The van der Waals surface area contributed by atoms with Gasteiger partial charge in [-0.1, -0.05) is 15.9 Å². The third-order valence-electron chi connectivity index (χ3n) is 5.39. The van der Waals surface area contributed by atoms with Gasteiger partial charge in [-0.3, -0.25) is 14.5 Å². The average molecular weight is 507 g/mol. The van der Waals surface area contributed by atoms with E-state index >= 15 is 0 Å². The molecule has 1 aliphatic carbocycles. The number of aromatic amines is 1. The van der Waals surface area contributed by atoms with Gasteiger partial charge >= 0.3 is 0 Å². The Labute approximate surface area is 177 Å². The first-order valence-electron chi connectivity index (χ1n) is 9.23. The number of hydrogen-bond acceptors (Lipinski definition) is 5. The highest BCUT2D eigenvalue weighted by Gasteiger charge is 2.29. The van der Waals surface area contributed by atoms with Crippen LogP contribution in [-0.4, -0.2) is 21.4 Å². The minimum absolute atomic E-state index is 0.0463. The first-order valence-corrected chi connectivity index (χ1v) is 10.8. The first-order chi connectivity index (χ1) is 13.5. The van der Waals surface area contributed by atoms with Crippen LogP contribution in [0.5, 0.6) is 0 Å². The van der Waals surface area contributed by atoms with Crippen molar-refractivity contribution < 1.29 is 4.42 Å². The molecule has 8 heteroatoms. The van der Waals surface area contributed by atoms with Crippen molar-refractivity contribution in [3.05, 3.63) is 70.6 Å². The van der Waals surface area contributed by atoms with Crippen LogP contribution in [-0.2, 0) is 19.5 Å². The smallest absolute Gasteiger partial charge is 0.255 e.